The first-order valence-electron chi connectivity index (χ1n) is 15.5. The minimum Gasteiger partial charge on any atom is -0.426 e. The van der Waals surface area contributed by atoms with E-state index in [2.05, 4.69) is 27.7 Å². The molecule has 9 heteroatoms. The van der Waals surface area contributed by atoms with E-state index in [1.807, 2.05) is 32.0 Å². The van der Waals surface area contributed by atoms with E-state index in [4.69, 9.17) is 4.74 Å². The molecule has 4 atom stereocenters. The lowest BCUT2D eigenvalue weighted by molar-refractivity contribution is -0.133. The summed E-state index contributed by atoms with van der Waals surface area (Å²) in [6.45, 7) is 8.23. The molecule has 8 nitrogen and oxygen atoms in total. The zero-order chi connectivity index (χ0) is 31.0. The first-order chi connectivity index (χ1) is 20.6. The summed E-state index contributed by atoms with van der Waals surface area (Å²) >= 11 is 1.69. The third-order valence-electron chi connectivity index (χ3n) is 8.74. The fourth-order valence-corrected chi connectivity index (χ4v) is 7.29. The molecule has 2 aromatic rings. The van der Waals surface area contributed by atoms with Gasteiger partial charge in [0.2, 0.25) is 5.91 Å². The summed E-state index contributed by atoms with van der Waals surface area (Å²) in [4.78, 5) is 42.1. The average Bonchev–Trinajstić information content (AvgIpc) is 2.99. The standard InChI is InChI=1S/C34H47N3O5S/c1-23-29(15-10-16-31(23)42-24(2)39)32(40)35-27(21-43-28-13-6-5-7-14-28)17-18-37-20-26-12-9-8-11-25(26)19-30(37)33(41)36-34(3,4)22-38/h5-7,10,13-16,25-27,30,38H,8-9,11-12,17-22H2,1-4H3,(H,35,40)(H,36,41)/t25-,26+,27+,30-/m0/s1. The van der Waals surface area contributed by atoms with Crippen molar-refractivity contribution in [1.82, 2.24) is 15.5 Å². The molecule has 2 aromatic carbocycles. The Morgan fingerprint density at radius 1 is 1.07 bits per heavy atom. The number of rotatable bonds is 12. The molecule has 2 amide bonds. The van der Waals surface area contributed by atoms with E-state index in [1.165, 1.54) is 32.6 Å². The lowest BCUT2D eigenvalue weighted by Crippen LogP contribution is -2.59. The fourth-order valence-electron chi connectivity index (χ4n) is 6.30. The highest BCUT2D eigenvalue weighted by Crippen LogP contribution is 2.39. The molecule has 2 aliphatic rings. The molecular formula is C34H47N3O5S. The molecule has 0 bridgehead atoms. The third kappa shape index (κ3) is 9.30. The minimum atomic E-state index is -0.687. The number of nitrogens with zero attached hydrogens (tertiary/aromatic N) is 1. The molecule has 1 heterocycles. The number of thioether (sulfide) groups is 1. The number of piperidine rings is 1. The van der Waals surface area contributed by atoms with Crippen molar-refractivity contribution in [3.8, 4) is 5.75 Å². The first kappa shape index (κ1) is 33.0. The topological polar surface area (TPSA) is 108 Å². The van der Waals surface area contributed by atoms with Gasteiger partial charge in [-0.1, -0.05) is 43.5 Å². The Kier molecular flexibility index (Phi) is 11.7. The number of nitrogens with one attached hydrogen (secondary N) is 2. The number of hydrogen-bond acceptors (Lipinski definition) is 7. The predicted octanol–water partition coefficient (Wildman–Crippen LogP) is 4.97. The van der Waals surface area contributed by atoms with Crippen LogP contribution in [0.2, 0.25) is 0 Å². The lowest BCUT2D eigenvalue weighted by atomic mass is 9.72. The van der Waals surface area contributed by atoms with Gasteiger partial charge in [-0.05, 0) is 76.1 Å². The van der Waals surface area contributed by atoms with Gasteiger partial charge in [-0.3, -0.25) is 19.3 Å². The van der Waals surface area contributed by atoms with Crippen molar-refractivity contribution in [2.75, 3.05) is 25.4 Å². The van der Waals surface area contributed by atoms with E-state index in [-0.39, 0.29) is 30.5 Å². The minimum absolute atomic E-state index is 0.0276. The second-order valence-electron chi connectivity index (χ2n) is 12.7. The summed E-state index contributed by atoms with van der Waals surface area (Å²) in [5.41, 5.74) is 0.403. The second-order valence-corrected chi connectivity index (χ2v) is 13.8. The van der Waals surface area contributed by atoms with Crippen LogP contribution in [-0.2, 0) is 9.59 Å². The van der Waals surface area contributed by atoms with E-state index in [1.54, 1.807) is 36.9 Å². The molecule has 0 aromatic heterocycles. The fraction of sp³-hybridized carbons (Fsp3) is 0.559. The molecule has 2 fully saturated rings. The average molecular weight is 610 g/mol. The van der Waals surface area contributed by atoms with Crippen molar-refractivity contribution in [3.05, 3.63) is 59.7 Å². The second kappa shape index (κ2) is 15.2. The van der Waals surface area contributed by atoms with Gasteiger partial charge in [-0.15, -0.1) is 11.8 Å². The summed E-state index contributed by atoms with van der Waals surface area (Å²) in [7, 11) is 0. The van der Waals surface area contributed by atoms with Crippen LogP contribution in [0.15, 0.2) is 53.4 Å². The van der Waals surface area contributed by atoms with Crippen molar-refractivity contribution in [2.24, 2.45) is 11.8 Å². The van der Waals surface area contributed by atoms with Crippen LogP contribution in [0.1, 0.15) is 75.2 Å². The third-order valence-corrected chi connectivity index (χ3v) is 9.91. The Hall–Kier alpha value is -2.88. The Morgan fingerprint density at radius 3 is 2.49 bits per heavy atom. The van der Waals surface area contributed by atoms with Crippen molar-refractivity contribution in [3.63, 3.8) is 0 Å². The normalized spacial score (nSPS) is 21.4. The summed E-state index contributed by atoms with van der Waals surface area (Å²) in [6, 6.07) is 14.9. The van der Waals surface area contributed by atoms with Crippen molar-refractivity contribution in [1.29, 1.82) is 0 Å². The number of aliphatic hydroxyl groups excluding tert-OH is 1. The maximum absolute atomic E-state index is 13.6. The zero-order valence-electron chi connectivity index (χ0n) is 25.9. The van der Waals surface area contributed by atoms with E-state index in [9.17, 15) is 19.5 Å². The molecule has 43 heavy (non-hydrogen) atoms. The number of benzene rings is 2. The van der Waals surface area contributed by atoms with Gasteiger partial charge in [0.1, 0.15) is 5.75 Å². The number of fused-ring (bicyclic) bond motifs is 1. The van der Waals surface area contributed by atoms with E-state index >= 15 is 0 Å². The van der Waals surface area contributed by atoms with E-state index in [0.29, 0.717) is 47.4 Å². The highest BCUT2D eigenvalue weighted by Gasteiger charge is 2.40. The number of amides is 2. The van der Waals surface area contributed by atoms with Crippen LogP contribution in [0.4, 0.5) is 0 Å². The van der Waals surface area contributed by atoms with Crippen LogP contribution in [0.3, 0.4) is 0 Å². The molecular weight excluding hydrogens is 562 g/mol. The summed E-state index contributed by atoms with van der Waals surface area (Å²) in [5.74, 6) is 1.52. The Morgan fingerprint density at radius 2 is 1.79 bits per heavy atom. The number of esters is 1. The van der Waals surface area contributed by atoms with Crippen LogP contribution in [0, 0.1) is 18.8 Å². The highest BCUT2D eigenvalue weighted by molar-refractivity contribution is 7.99. The Labute approximate surface area is 260 Å². The van der Waals surface area contributed by atoms with Crippen LogP contribution in [0.5, 0.6) is 5.75 Å². The van der Waals surface area contributed by atoms with Crippen LogP contribution < -0.4 is 15.4 Å². The number of likely N-dealkylation sites (tertiary alicyclic amines) is 1. The SMILES string of the molecule is CC(=O)Oc1cccc(C(=O)N[C@H](CCN2C[C@H]3CCCC[C@H]3C[C@H]2C(=O)NC(C)(C)CO)CSc2ccccc2)c1C. The Bertz CT molecular complexity index is 1250. The van der Waals surface area contributed by atoms with Crippen LogP contribution in [-0.4, -0.2) is 70.9 Å². The molecule has 0 unspecified atom stereocenters. The quantitative estimate of drug-likeness (QED) is 0.177. The van der Waals surface area contributed by atoms with Gasteiger partial charge in [-0.2, -0.15) is 0 Å². The Balaban J connectivity index is 1.51. The molecule has 3 N–H and O–H groups in total. The number of hydrogen-bond donors (Lipinski definition) is 3. The molecule has 0 radical (unpaired) electrons. The number of carbonyl (C=O) groups is 3. The molecule has 1 aliphatic carbocycles. The van der Waals surface area contributed by atoms with Crippen molar-refractivity contribution in [2.45, 2.75) is 88.7 Å². The summed E-state index contributed by atoms with van der Waals surface area (Å²) in [5, 5.41) is 16.1. The zero-order valence-corrected chi connectivity index (χ0v) is 26.8. The first-order valence-corrected chi connectivity index (χ1v) is 16.5. The summed E-state index contributed by atoms with van der Waals surface area (Å²) in [6.07, 6.45) is 6.33. The molecule has 4 rings (SSSR count). The van der Waals surface area contributed by atoms with Gasteiger partial charge in [0.25, 0.3) is 5.91 Å². The van der Waals surface area contributed by atoms with Gasteiger partial charge in [0.15, 0.2) is 0 Å². The monoisotopic (exact) mass is 609 g/mol. The number of aliphatic hydroxyl groups is 1. The lowest BCUT2D eigenvalue weighted by Gasteiger charge is -2.46. The molecule has 1 aliphatic heterocycles. The highest BCUT2D eigenvalue weighted by atomic mass is 32.2. The van der Waals surface area contributed by atoms with Crippen LogP contribution >= 0.6 is 11.8 Å². The maximum Gasteiger partial charge on any atom is 0.308 e. The maximum atomic E-state index is 13.6. The van der Waals surface area contributed by atoms with E-state index < -0.39 is 11.5 Å². The number of ether oxygens (including phenoxy) is 1. The largest absolute Gasteiger partial charge is 0.426 e. The van der Waals surface area contributed by atoms with Crippen molar-refractivity contribution >= 4 is 29.5 Å². The van der Waals surface area contributed by atoms with Crippen LogP contribution in [0.25, 0.3) is 0 Å². The van der Waals surface area contributed by atoms with Gasteiger partial charge in [0.05, 0.1) is 18.2 Å². The van der Waals surface area contributed by atoms with E-state index in [0.717, 1.165) is 17.9 Å². The van der Waals surface area contributed by atoms with Gasteiger partial charge in [-0.25, -0.2) is 0 Å². The summed E-state index contributed by atoms with van der Waals surface area (Å²) < 4.78 is 5.31. The molecule has 0 spiro atoms. The molecule has 1 saturated carbocycles. The van der Waals surface area contributed by atoms with Gasteiger partial charge >= 0.3 is 5.97 Å². The molecule has 234 valence electrons. The molecule has 1 saturated heterocycles. The van der Waals surface area contributed by atoms with Crippen molar-refractivity contribution < 1.29 is 24.2 Å². The van der Waals surface area contributed by atoms with Gasteiger partial charge in [0, 0.05) is 47.8 Å². The number of carbonyl (C=O) groups excluding carboxylic acids is 3. The smallest absolute Gasteiger partial charge is 0.308 e. The van der Waals surface area contributed by atoms with Gasteiger partial charge < -0.3 is 20.5 Å². The predicted molar refractivity (Wildman–Crippen MR) is 170 cm³/mol.